The summed E-state index contributed by atoms with van der Waals surface area (Å²) in [6.07, 6.45) is -4.01. The first-order chi connectivity index (χ1) is 7.78. The van der Waals surface area contributed by atoms with Gasteiger partial charge in [-0.3, -0.25) is 0 Å². The molecule has 1 aromatic heterocycles. The highest BCUT2D eigenvalue weighted by molar-refractivity contribution is 5.85. The first-order valence-electron chi connectivity index (χ1n) is 4.80. The highest BCUT2D eigenvalue weighted by atomic mass is 19.4. The normalized spacial score (nSPS) is 13.2. The molecule has 1 rings (SSSR count). The number of hydrogen-bond donors (Lipinski definition) is 2. The Bertz CT molecular complexity index is 390. The fraction of sp³-hybridized carbons (Fsp3) is 0.400. The van der Waals surface area contributed by atoms with E-state index in [0.29, 0.717) is 5.69 Å². The summed E-state index contributed by atoms with van der Waals surface area (Å²) in [6, 6.07) is 1.81. The minimum atomic E-state index is -4.24. The maximum Gasteiger partial charge on any atom is 0.391 e. The molecule has 2 N–H and O–H groups in total. The predicted molar refractivity (Wildman–Crippen MR) is 55.0 cm³/mol. The molecule has 0 bridgehead atoms. The van der Waals surface area contributed by atoms with Gasteiger partial charge in [-0.1, -0.05) is 0 Å². The van der Waals surface area contributed by atoms with Crippen LogP contribution in [0.5, 0.6) is 0 Å². The van der Waals surface area contributed by atoms with Gasteiger partial charge >= 0.3 is 12.1 Å². The number of hydrogen-bond acceptors (Lipinski definition) is 3. The van der Waals surface area contributed by atoms with E-state index in [0.717, 1.165) is 0 Å². The molecule has 0 aliphatic heterocycles. The zero-order valence-electron chi connectivity index (χ0n) is 8.95. The van der Waals surface area contributed by atoms with Gasteiger partial charge in [0.25, 0.3) is 0 Å². The number of carbonyl (C=O) groups is 1. The molecular weight excluding hydrogens is 237 g/mol. The zero-order chi connectivity index (χ0) is 13.1. The van der Waals surface area contributed by atoms with Crippen LogP contribution in [0.15, 0.2) is 18.3 Å². The van der Waals surface area contributed by atoms with Crippen molar-refractivity contribution in [3.05, 3.63) is 24.0 Å². The summed E-state index contributed by atoms with van der Waals surface area (Å²) >= 11 is 0. The monoisotopic (exact) mass is 248 g/mol. The average Bonchev–Trinajstić information content (AvgIpc) is 2.15. The van der Waals surface area contributed by atoms with Crippen LogP contribution in [0.3, 0.4) is 0 Å². The van der Waals surface area contributed by atoms with Crippen molar-refractivity contribution >= 4 is 11.7 Å². The largest absolute Gasteiger partial charge is 0.477 e. The summed E-state index contributed by atoms with van der Waals surface area (Å²) in [6.45, 7) is 1.39. The van der Waals surface area contributed by atoms with Crippen molar-refractivity contribution in [1.29, 1.82) is 0 Å². The van der Waals surface area contributed by atoms with Crippen molar-refractivity contribution in [2.75, 3.05) is 5.32 Å². The van der Waals surface area contributed by atoms with Crippen LogP contribution in [0.2, 0.25) is 0 Å². The number of nitrogens with one attached hydrogen (secondary N) is 1. The molecule has 1 aromatic rings. The van der Waals surface area contributed by atoms with E-state index >= 15 is 0 Å². The molecule has 0 saturated carbocycles. The van der Waals surface area contributed by atoms with E-state index in [1.54, 1.807) is 0 Å². The lowest BCUT2D eigenvalue weighted by Crippen LogP contribution is -2.23. The molecule has 7 heteroatoms. The Labute approximate surface area is 95.5 Å². The molecule has 1 atom stereocenters. The van der Waals surface area contributed by atoms with E-state index in [2.05, 4.69) is 10.3 Å². The van der Waals surface area contributed by atoms with E-state index in [1.165, 1.54) is 25.3 Å². The van der Waals surface area contributed by atoms with E-state index in [9.17, 15) is 18.0 Å². The lowest BCUT2D eigenvalue weighted by atomic mass is 10.2. The second kappa shape index (κ2) is 5.03. The lowest BCUT2D eigenvalue weighted by molar-refractivity contribution is -0.136. The average molecular weight is 248 g/mol. The molecule has 1 unspecified atom stereocenters. The molecule has 17 heavy (non-hydrogen) atoms. The van der Waals surface area contributed by atoms with E-state index in [-0.39, 0.29) is 5.69 Å². The van der Waals surface area contributed by atoms with Crippen LogP contribution < -0.4 is 5.32 Å². The highest BCUT2D eigenvalue weighted by Gasteiger charge is 2.29. The van der Waals surface area contributed by atoms with E-state index in [4.69, 9.17) is 5.11 Å². The molecule has 1 heterocycles. The van der Waals surface area contributed by atoms with Gasteiger partial charge in [0.05, 0.1) is 18.3 Å². The molecular formula is C10H11F3N2O2. The third-order valence-electron chi connectivity index (χ3n) is 1.93. The molecule has 0 saturated heterocycles. The number of anilines is 1. The molecule has 0 amide bonds. The Hall–Kier alpha value is -1.79. The molecule has 0 spiro atoms. The second-order valence-corrected chi connectivity index (χ2v) is 3.60. The van der Waals surface area contributed by atoms with Crippen LogP contribution in [0.4, 0.5) is 18.9 Å². The van der Waals surface area contributed by atoms with Gasteiger partial charge in [0.2, 0.25) is 0 Å². The number of rotatable bonds is 4. The van der Waals surface area contributed by atoms with Crippen molar-refractivity contribution in [1.82, 2.24) is 4.98 Å². The second-order valence-electron chi connectivity index (χ2n) is 3.60. The number of nitrogens with zero attached hydrogens (tertiary/aromatic N) is 1. The van der Waals surface area contributed by atoms with Crippen molar-refractivity contribution in [2.24, 2.45) is 0 Å². The zero-order valence-corrected chi connectivity index (χ0v) is 8.95. The Balaban J connectivity index is 2.60. The maximum atomic E-state index is 12.0. The van der Waals surface area contributed by atoms with Gasteiger partial charge in [-0.25, -0.2) is 9.78 Å². The molecule has 0 radical (unpaired) electrons. The van der Waals surface area contributed by atoms with Crippen LogP contribution in [-0.4, -0.2) is 28.3 Å². The third-order valence-corrected chi connectivity index (χ3v) is 1.93. The summed E-state index contributed by atoms with van der Waals surface area (Å²) in [5, 5.41) is 11.2. The molecule has 0 aliphatic carbocycles. The Morgan fingerprint density at radius 3 is 2.59 bits per heavy atom. The maximum absolute atomic E-state index is 12.0. The number of halogens is 3. The number of carboxylic acid groups (broad SMARTS) is 1. The topological polar surface area (TPSA) is 62.2 Å². The first kappa shape index (κ1) is 13.3. The number of pyridine rings is 1. The van der Waals surface area contributed by atoms with Gasteiger partial charge in [0.15, 0.2) is 0 Å². The smallest absolute Gasteiger partial charge is 0.391 e. The summed E-state index contributed by atoms with van der Waals surface area (Å²) in [5.74, 6) is -1.18. The van der Waals surface area contributed by atoms with Gasteiger partial charge in [-0.2, -0.15) is 13.2 Å². The number of carboxylic acids is 1. The van der Waals surface area contributed by atoms with Gasteiger partial charge < -0.3 is 10.4 Å². The van der Waals surface area contributed by atoms with Crippen molar-refractivity contribution < 1.29 is 23.1 Å². The van der Waals surface area contributed by atoms with Crippen LogP contribution >= 0.6 is 0 Å². The molecule has 0 aliphatic rings. The van der Waals surface area contributed by atoms with Gasteiger partial charge in [-0.05, 0) is 19.1 Å². The van der Waals surface area contributed by atoms with Crippen molar-refractivity contribution in [3.8, 4) is 0 Å². The Morgan fingerprint density at radius 1 is 1.53 bits per heavy atom. The summed E-state index contributed by atoms with van der Waals surface area (Å²) in [4.78, 5) is 14.1. The van der Waals surface area contributed by atoms with E-state index in [1.807, 2.05) is 0 Å². The fourth-order valence-electron chi connectivity index (χ4n) is 1.29. The van der Waals surface area contributed by atoms with Crippen LogP contribution in [-0.2, 0) is 0 Å². The number of aromatic nitrogens is 1. The van der Waals surface area contributed by atoms with Gasteiger partial charge in [0.1, 0.15) is 5.69 Å². The molecule has 94 valence electrons. The third kappa shape index (κ3) is 4.71. The standard InChI is InChI=1S/C10H11F3N2O2/c1-6(4-10(11,12)13)15-7-2-3-8(9(16)17)14-5-7/h2-3,5-6,15H,4H2,1H3,(H,16,17). The van der Waals surface area contributed by atoms with Crippen molar-refractivity contribution in [3.63, 3.8) is 0 Å². The van der Waals surface area contributed by atoms with Crippen molar-refractivity contribution in [2.45, 2.75) is 25.6 Å². The lowest BCUT2D eigenvalue weighted by Gasteiger charge is -2.16. The predicted octanol–water partition coefficient (Wildman–Crippen LogP) is 2.53. The van der Waals surface area contributed by atoms with Crippen LogP contribution in [0.25, 0.3) is 0 Å². The molecule has 0 fully saturated rings. The quantitative estimate of drug-likeness (QED) is 0.859. The first-order valence-corrected chi connectivity index (χ1v) is 4.80. The number of alkyl halides is 3. The summed E-state index contributed by atoms with van der Waals surface area (Å²) < 4.78 is 36.1. The van der Waals surface area contributed by atoms with Gasteiger partial charge in [0, 0.05) is 6.04 Å². The SMILES string of the molecule is CC(CC(F)(F)F)Nc1ccc(C(=O)O)nc1. The van der Waals surface area contributed by atoms with E-state index < -0.39 is 24.6 Å². The fourth-order valence-corrected chi connectivity index (χ4v) is 1.29. The molecule has 4 nitrogen and oxygen atoms in total. The van der Waals surface area contributed by atoms with Crippen LogP contribution in [0, 0.1) is 0 Å². The summed E-state index contributed by atoms with van der Waals surface area (Å²) in [5.41, 5.74) is 0.200. The highest BCUT2D eigenvalue weighted by Crippen LogP contribution is 2.23. The Kier molecular flexibility index (Phi) is 3.93. The minimum Gasteiger partial charge on any atom is -0.477 e. The Morgan fingerprint density at radius 2 is 2.18 bits per heavy atom. The number of aromatic carboxylic acids is 1. The molecule has 0 aromatic carbocycles. The van der Waals surface area contributed by atoms with Crippen LogP contribution in [0.1, 0.15) is 23.8 Å². The summed E-state index contributed by atoms with van der Waals surface area (Å²) in [7, 11) is 0. The van der Waals surface area contributed by atoms with Gasteiger partial charge in [-0.15, -0.1) is 0 Å². The minimum absolute atomic E-state index is 0.154.